The van der Waals surface area contributed by atoms with Gasteiger partial charge in [0.05, 0.1) is 6.04 Å². The summed E-state index contributed by atoms with van der Waals surface area (Å²) in [5.74, 6) is 0.757. The van der Waals surface area contributed by atoms with E-state index in [1.54, 1.807) is 0 Å². The van der Waals surface area contributed by atoms with Gasteiger partial charge < -0.3 is 10.6 Å². The minimum absolute atomic E-state index is 0.192. The molecule has 0 radical (unpaired) electrons. The first kappa shape index (κ1) is 11.5. The number of hydrogen-bond donors (Lipinski definition) is 2. The first-order valence-electron chi connectivity index (χ1n) is 5.43. The molecule has 0 aromatic carbocycles. The van der Waals surface area contributed by atoms with Crippen molar-refractivity contribution in [1.29, 1.82) is 0 Å². The van der Waals surface area contributed by atoms with Gasteiger partial charge >= 0.3 is 0 Å². The number of rotatable bonds is 4. The van der Waals surface area contributed by atoms with Crippen molar-refractivity contribution in [2.45, 2.75) is 40.2 Å². The molecule has 3 nitrogen and oxygen atoms in total. The molecule has 1 aliphatic rings. The molecule has 3 heteroatoms. The first-order chi connectivity index (χ1) is 6.42. The highest BCUT2D eigenvalue weighted by molar-refractivity contribution is 5.82. The van der Waals surface area contributed by atoms with Gasteiger partial charge in [-0.3, -0.25) is 4.79 Å². The van der Waals surface area contributed by atoms with Crippen LogP contribution < -0.4 is 10.6 Å². The Morgan fingerprint density at radius 1 is 1.50 bits per heavy atom. The van der Waals surface area contributed by atoms with Crippen LogP contribution in [0.2, 0.25) is 0 Å². The average Bonchev–Trinajstić information content (AvgIpc) is 1.93. The van der Waals surface area contributed by atoms with E-state index in [1.165, 1.54) is 0 Å². The van der Waals surface area contributed by atoms with E-state index in [1.807, 2.05) is 13.8 Å². The lowest BCUT2D eigenvalue weighted by Crippen LogP contribution is -2.59. The number of carbonyl (C=O) groups is 1. The van der Waals surface area contributed by atoms with E-state index < -0.39 is 0 Å². The Morgan fingerprint density at radius 3 is 2.43 bits per heavy atom. The summed E-state index contributed by atoms with van der Waals surface area (Å²) in [6, 6.07) is 0.355. The summed E-state index contributed by atoms with van der Waals surface area (Å²) in [5, 5.41) is 6.20. The van der Waals surface area contributed by atoms with Crippen molar-refractivity contribution < 1.29 is 4.79 Å². The fourth-order valence-corrected chi connectivity index (χ4v) is 1.88. The van der Waals surface area contributed by atoms with Gasteiger partial charge in [-0.05, 0) is 12.3 Å². The molecule has 0 aromatic rings. The number of carbonyl (C=O) groups excluding carboxylic acids is 1. The SMILES string of the molecule is CC(C)CC(C)(C)C(=O)NC1CNC1. The number of nitrogens with one attached hydrogen (secondary N) is 2. The van der Waals surface area contributed by atoms with Gasteiger partial charge in [0.2, 0.25) is 5.91 Å². The summed E-state index contributed by atoms with van der Waals surface area (Å²) in [6.07, 6.45) is 0.943. The predicted molar refractivity (Wildman–Crippen MR) is 58.0 cm³/mol. The fourth-order valence-electron chi connectivity index (χ4n) is 1.88. The van der Waals surface area contributed by atoms with Crippen LogP contribution in [-0.4, -0.2) is 25.0 Å². The topological polar surface area (TPSA) is 41.1 Å². The lowest BCUT2D eigenvalue weighted by atomic mass is 9.83. The third kappa shape index (κ3) is 2.98. The third-order valence-electron chi connectivity index (χ3n) is 2.65. The largest absolute Gasteiger partial charge is 0.350 e. The van der Waals surface area contributed by atoms with Gasteiger partial charge in [0.1, 0.15) is 0 Å². The van der Waals surface area contributed by atoms with Crippen LogP contribution in [0, 0.1) is 11.3 Å². The van der Waals surface area contributed by atoms with Gasteiger partial charge in [-0.25, -0.2) is 0 Å². The molecule has 1 saturated heterocycles. The van der Waals surface area contributed by atoms with Crippen molar-refractivity contribution >= 4 is 5.91 Å². The monoisotopic (exact) mass is 198 g/mol. The molecular weight excluding hydrogens is 176 g/mol. The molecule has 14 heavy (non-hydrogen) atoms. The summed E-state index contributed by atoms with van der Waals surface area (Å²) in [5.41, 5.74) is -0.232. The van der Waals surface area contributed by atoms with Gasteiger partial charge in [-0.15, -0.1) is 0 Å². The molecule has 1 amide bonds. The van der Waals surface area contributed by atoms with Crippen LogP contribution >= 0.6 is 0 Å². The lowest BCUT2D eigenvalue weighted by molar-refractivity contribution is -0.131. The quantitative estimate of drug-likeness (QED) is 0.711. The van der Waals surface area contributed by atoms with Crippen LogP contribution in [0.15, 0.2) is 0 Å². The highest BCUT2D eigenvalue weighted by Gasteiger charge is 2.31. The molecule has 1 heterocycles. The maximum atomic E-state index is 11.9. The third-order valence-corrected chi connectivity index (χ3v) is 2.65. The highest BCUT2D eigenvalue weighted by atomic mass is 16.2. The van der Waals surface area contributed by atoms with E-state index in [-0.39, 0.29) is 11.3 Å². The van der Waals surface area contributed by atoms with E-state index in [9.17, 15) is 4.79 Å². The van der Waals surface area contributed by atoms with Crippen LogP contribution in [0.3, 0.4) is 0 Å². The molecule has 1 fully saturated rings. The Labute approximate surface area is 86.6 Å². The second-order valence-electron chi connectivity index (χ2n) is 5.31. The normalized spacial score (nSPS) is 18.1. The Kier molecular flexibility index (Phi) is 3.53. The van der Waals surface area contributed by atoms with Crippen molar-refractivity contribution in [2.24, 2.45) is 11.3 Å². The molecule has 2 N–H and O–H groups in total. The highest BCUT2D eigenvalue weighted by Crippen LogP contribution is 2.25. The maximum Gasteiger partial charge on any atom is 0.225 e. The molecule has 0 spiro atoms. The number of amides is 1. The molecule has 1 rings (SSSR count). The second kappa shape index (κ2) is 4.30. The molecule has 82 valence electrons. The van der Waals surface area contributed by atoms with Crippen LogP contribution in [0.5, 0.6) is 0 Å². The molecule has 0 unspecified atom stereocenters. The molecule has 1 aliphatic heterocycles. The standard InChI is InChI=1S/C11H22N2O/c1-8(2)5-11(3,4)10(14)13-9-6-12-7-9/h8-9,12H,5-7H2,1-4H3,(H,13,14). The number of hydrogen-bond acceptors (Lipinski definition) is 2. The van der Waals surface area contributed by atoms with Crippen molar-refractivity contribution in [3.8, 4) is 0 Å². The Balaban J connectivity index is 2.39. The van der Waals surface area contributed by atoms with E-state index in [0.717, 1.165) is 19.5 Å². The molecular formula is C11H22N2O. The van der Waals surface area contributed by atoms with Crippen molar-refractivity contribution in [3.05, 3.63) is 0 Å². The first-order valence-corrected chi connectivity index (χ1v) is 5.43. The predicted octanol–water partition coefficient (Wildman–Crippen LogP) is 1.15. The van der Waals surface area contributed by atoms with Gasteiger partial charge in [-0.1, -0.05) is 27.7 Å². The average molecular weight is 198 g/mol. The van der Waals surface area contributed by atoms with Crippen LogP contribution in [-0.2, 0) is 4.79 Å². The lowest BCUT2D eigenvalue weighted by Gasteiger charge is -2.33. The Bertz CT molecular complexity index is 207. The molecule has 0 aromatic heterocycles. The zero-order chi connectivity index (χ0) is 10.8. The van der Waals surface area contributed by atoms with Crippen LogP contribution in [0.4, 0.5) is 0 Å². The van der Waals surface area contributed by atoms with Crippen LogP contribution in [0.25, 0.3) is 0 Å². The van der Waals surface area contributed by atoms with Gasteiger partial charge in [0.15, 0.2) is 0 Å². The Hall–Kier alpha value is -0.570. The summed E-state index contributed by atoms with van der Waals surface area (Å²) in [4.78, 5) is 11.9. The molecule has 0 atom stereocenters. The van der Waals surface area contributed by atoms with Gasteiger partial charge in [0.25, 0.3) is 0 Å². The summed E-state index contributed by atoms with van der Waals surface area (Å²) in [7, 11) is 0. The summed E-state index contributed by atoms with van der Waals surface area (Å²) in [6.45, 7) is 10.2. The zero-order valence-electron chi connectivity index (χ0n) is 9.68. The summed E-state index contributed by atoms with van der Waals surface area (Å²) < 4.78 is 0. The maximum absolute atomic E-state index is 11.9. The van der Waals surface area contributed by atoms with E-state index >= 15 is 0 Å². The molecule has 0 saturated carbocycles. The molecule has 0 bridgehead atoms. The minimum Gasteiger partial charge on any atom is -0.350 e. The minimum atomic E-state index is -0.232. The summed E-state index contributed by atoms with van der Waals surface area (Å²) >= 11 is 0. The smallest absolute Gasteiger partial charge is 0.225 e. The van der Waals surface area contributed by atoms with Crippen LogP contribution in [0.1, 0.15) is 34.1 Å². The van der Waals surface area contributed by atoms with Gasteiger partial charge in [-0.2, -0.15) is 0 Å². The Morgan fingerprint density at radius 2 is 2.07 bits per heavy atom. The second-order valence-corrected chi connectivity index (χ2v) is 5.31. The fraction of sp³-hybridized carbons (Fsp3) is 0.909. The molecule has 0 aliphatic carbocycles. The van der Waals surface area contributed by atoms with Gasteiger partial charge in [0, 0.05) is 18.5 Å². The van der Waals surface area contributed by atoms with Crippen molar-refractivity contribution in [3.63, 3.8) is 0 Å². The van der Waals surface area contributed by atoms with E-state index in [2.05, 4.69) is 24.5 Å². The van der Waals surface area contributed by atoms with Crippen molar-refractivity contribution in [2.75, 3.05) is 13.1 Å². The van der Waals surface area contributed by atoms with E-state index in [4.69, 9.17) is 0 Å². The zero-order valence-corrected chi connectivity index (χ0v) is 9.68. The van der Waals surface area contributed by atoms with Crippen molar-refractivity contribution in [1.82, 2.24) is 10.6 Å². The van der Waals surface area contributed by atoms with E-state index in [0.29, 0.717) is 12.0 Å².